The number of hydrogen-bond donors (Lipinski definition) is 3. The molecule has 0 radical (unpaired) electrons. The predicted octanol–water partition coefficient (Wildman–Crippen LogP) is 4.50. The summed E-state index contributed by atoms with van der Waals surface area (Å²) in [5.74, 6) is -1.73. The van der Waals surface area contributed by atoms with E-state index in [2.05, 4.69) is 22.8 Å². The second kappa shape index (κ2) is 13.2. The molecule has 1 aliphatic heterocycles. The van der Waals surface area contributed by atoms with E-state index in [-0.39, 0.29) is 32.3 Å². The minimum Gasteiger partial charge on any atom is -0.481 e. The summed E-state index contributed by atoms with van der Waals surface area (Å²) >= 11 is 0. The number of nitrogens with one attached hydrogen (secondary N) is 2. The third kappa shape index (κ3) is 6.48. The van der Waals surface area contributed by atoms with E-state index < -0.39 is 35.5 Å². The monoisotopic (exact) mass is 572 g/mol. The van der Waals surface area contributed by atoms with Gasteiger partial charge in [0.25, 0.3) is 0 Å². The molecule has 0 bridgehead atoms. The fourth-order valence-corrected chi connectivity index (χ4v) is 5.66. The molecule has 0 spiro atoms. The SMILES string of the molecule is C[C@H](OCc1ccccc1)[C@@H](NC(=O)OCC1c2ccccc2-c2ccccc21)C(=O)NCC1(C(=O)O)CCCOC1. The molecule has 2 amide bonds. The third-order valence-electron chi connectivity index (χ3n) is 8.10. The van der Waals surface area contributed by atoms with Gasteiger partial charge in [0.2, 0.25) is 5.91 Å². The quantitative estimate of drug-likeness (QED) is 0.309. The molecule has 2 aliphatic rings. The molecule has 1 unspecified atom stereocenters. The largest absolute Gasteiger partial charge is 0.481 e. The number of alkyl carbamates (subject to hydrolysis) is 1. The Bertz CT molecular complexity index is 1360. The summed E-state index contributed by atoms with van der Waals surface area (Å²) < 4.78 is 17.1. The van der Waals surface area contributed by atoms with E-state index in [1.165, 1.54) is 0 Å². The van der Waals surface area contributed by atoms with Crippen LogP contribution >= 0.6 is 0 Å². The van der Waals surface area contributed by atoms with Crippen molar-refractivity contribution in [2.75, 3.05) is 26.4 Å². The van der Waals surface area contributed by atoms with E-state index in [0.717, 1.165) is 27.8 Å². The topological polar surface area (TPSA) is 123 Å². The van der Waals surface area contributed by atoms with Gasteiger partial charge in [0.05, 0.1) is 19.3 Å². The Morgan fingerprint density at radius 1 is 0.976 bits per heavy atom. The van der Waals surface area contributed by atoms with Crippen molar-refractivity contribution >= 4 is 18.0 Å². The van der Waals surface area contributed by atoms with Crippen molar-refractivity contribution in [2.45, 2.75) is 44.4 Å². The molecule has 1 heterocycles. The second-order valence-corrected chi connectivity index (χ2v) is 10.9. The van der Waals surface area contributed by atoms with Crippen molar-refractivity contribution in [2.24, 2.45) is 5.41 Å². The van der Waals surface area contributed by atoms with Gasteiger partial charge in [-0.1, -0.05) is 78.9 Å². The van der Waals surface area contributed by atoms with E-state index in [1.54, 1.807) is 6.92 Å². The molecule has 3 atom stereocenters. The van der Waals surface area contributed by atoms with E-state index in [9.17, 15) is 19.5 Å². The molecule has 220 valence electrons. The Kier molecular flexibility index (Phi) is 9.19. The molecular weight excluding hydrogens is 536 g/mol. The number of ether oxygens (including phenoxy) is 3. The molecule has 9 heteroatoms. The maximum absolute atomic E-state index is 13.4. The van der Waals surface area contributed by atoms with Gasteiger partial charge in [-0.25, -0.2) is 4.79 Å². The van der Waals surface area contributed by atoms with E-state index in [1.807, 2.05) is 66.7 Å². The van der Waals surface area contributed by atoms with Crippen LogP contribution in [0.15, 0.2) is 78.9 Å². The number of carboxylic acids is 1. The lowest BCUT2D eigenvalue weighted by molar-refractivity contribution is -0.157. The predicted molar refractivity (Wildman–Crippen MR) is 156 cm³/mol. The molecule has 42 heavy (non-hydrogen) atoms. The normalized spacial score (nSPS) is 19.2. The van der Waals surface area contributed by atoms with E-state index >= 15 is 0 Å². The first-order valence-electron chi connectivity index (χ1n) is 14.2. The first kappa shape index (κ1) is 29.3. The van der Waals surface area contributed by atoms with Gasteiger partial charge < -0.3 is 30.0 Å². The van der Waals surface area contributed by atoms with Gasteiger partial charge in [-0.3, -0.25) is 9.59 Å². The first-order chi connectivity index (χ1) is 20.4. The summed E-state index contributed by atoms with van der Waals surface area (Å²) in [7, 11) is 0. The number of carbonyl (C=O) groups excluding carboxylic acids is 2. The fraction of sp³-hybridized carbons (Fsp3) is 0.364. The third-order valence-corrected chi connectivity index (χ3v) is 8.10. The molecule has 0 saturated carbocycles. The van der Waals surface area contributed by atoms with Gasteiger partial charge in [-0.15, -0.1) is 0 Å². The number of carboxylic acid groups (broad SMARTS) is 1. The average Bonchev–Trinajstić information content (AvgIpc) is 3.34. The molecule has 1 fully saturated rings. The molecule has 3 N–H and O–H groups in total. The number of rotatable bonds is 11. The minimum atomic E-state index is -1.23. The Balaban J connectivity index is 1.26. The van der Waals surface area contributed by atoms with Crippen molar-refractivity contribution in [3.05, 3.63) is 95.6 Å². The number of carbonyl (C=O) groups is 3. The van der Waals surface area contributed by atoms with Crippen LogP contribution in [0.5, 0.6) is 0 Å². The van der Waals surface area contributed by atoms with Crippen molar-refractivity contribution in [1.29, 1.82) is 0 Å². The second-order valence-electron chi connectivity index (χ2n) is 10.9. The van der Waals surface area contributed by atoms with Gasteiger partial charge >= 0.3 is 12.1 Å². The van der Waals surface area contributed by atoms with Crippen LogP contribution in [0.25, 0.3) is 11.1 Å². The standard InChI is InChI=1S/C33H36N2O7/c1-22(41-18-23-10-3-2-4-11-23)29(30(36)34-20-33(31(37)38)16-9-17-40-21-33)35-32(39)42-19-28-26-14-7-5-12-24(26)25-13-6-8-15-27(25)28/h2-8,10-15,22,28-29H,9,16-21H2,1H3,(H,34,36)(H,35,39)(H,37,38)/t22-,29+,33?/m0/s1. The van der Waals surface area contributed by atoms with Crippen LogP contribution < -0.4 is 10.6 Å². The highest BCUT2D eigenvalue weighted by atomic mass is 16.5. The molecule has 3 aromatic carbocycles. The van der Waals surface area contributed by atoms with Crippen molar-refractivity contribution in [1.82, 2.24) is 10.6 Å². The zero-order chi connectivity index (χ0) is 29.5. The first-order valence-corrected chi connectivity index (χ1v) is 14.2. The molecule has 3 aromatic rings. The number of benzene rings is 3. The Hall–Kier alpha value is -4.21. The Morgan fingerprint density at radius 2 is 1.62 bits per heavy atom. The lowest BCUT2D eigenvalue weighted by Crippen LogP contribution is -2.56. The van der Waals surface area contributed by atoms with Gasteiger partial charge in [0.1, 0.15) is 18.1 Å². The molecule has 9 nitrogen and oxygen atoms in total. The summed E-state index contributed by atoms with van der Waals surface area (Å²) in [5, 5.41) is 15.3. The Labute approximate surface area is 245 Å². The Morgan fingerprint density at radius 3 is 2.24 bits per heavy atom. The van der Waals surface area contributed by atoms with Gasteiger partial charge in [-0.2, -0.15) is 0 Å². The van der Waals surface area contributed by atoms with Crippen LogP contribution in [0.2, 0.25) is 0 Å². The van der Waals surface area contributed by atoms with E-state index in [0.29, 0.717) is 19.4 Å². The smallest absolute Gasteiger partial charge is 0.407 e. The summed E-state index contributed by atoms with van der Waals surface area (Å²) in [6.45, 7) is 2.37. The fourth-order valence-electron chi connectivity index (χ4n) is 5.66. The highest BCUT2D eigenvalue weighted by Gasteiger charge is 2.42. The number of hydrogen-bond acceptors (Lipinski definition) is 6. The van der Waals surface area contributed by atoms with Crippen LogP contribution in [-0.4, -0.2) is 61.6 Å². The van der Waals surface area contributed by atoms with Crippen molar-refractivity contribution in [3.63, 3.8) is 0 Å². The summed E-state index contributed by atoms with van der Waals surface area (Å²) in [6.07, 6.45) is -0.539. The number of fused-ring (bicyclic) bond motifs is 3. The minimum absolute atomic E-state index is 0.00709. The zero-order valence-corrected chi connectivity index (χ0v) is 23.6. The van der Waals surface area contributed by atoms with Crippen LogP contribution in [0.4, 0.5) is 4.79 Å². The maximum atomic E-state index is 13.4. The highest BCUT2D eigenvalue weighted by Crippen LogP contribution is 2.44. The van der Waals surface area contributed by atoms with Crippen LogP contribution in [-0.2, 0) is 30.4 Å². The average molecular weight is 573 g/mol. The van der Waals surface area contributed by atoms with E-state index in [4.69, 9.17) is 14.2 Å². The highest BCUT2D eigenvalue weighted by molar-refractivity contribution is 5.87. The van der Waals surface area contributed by atoms with Crippen molar-refractivity contribution in [3.8, 4) is 11.1 Å². The molecule has 5 rings (SSSR count). The van der Waals surface area contributed by atoms with Crippen LogP contribution in [0.3, 0.4) is 0 Å². The maximum Gasteiger partial charge on any atom is 0.407 e. The number of aliphatic carboxylic acids is 1. The molecular formula is C33H36N2O7. The lowest BCUT2D eigenvalue weighted by Gasteiger charge is -2.34. The van der Waals surface area contributed by atoms with Gasteiger partial charge in [0, 0.05) is 19.1 Å². The zero-order valence-electron chi connectivity index (χ0n) is 23.6. The van der Waals surface area contributed by atoms with Crippen LogP contribution in [0, 0.1) is 5.41 Å². The van der Waals surface area contributed by atoms with Crippen LogP contribution in [0.1, 0.15) is 42.4 Å². The molecule has 1 aliphatic carbocycles. The number of amides is 2. The molecule has 0 aromatic heterocycles. The summed E-state index contributed by atoms with van der Waals surface area (Å²) in [4.78, 5) is 38.6. The van der Waals surface area contributed by atoms with Crippen molar-refractivity contribution < 1.29 is 33.7 Å². The van der Waals surface area contributed by atoms with Gasteiger partial charge in [-0.05, 0) is 47.6 Å². The summed E-state index contributed by atoms with van der Waals surface area (Å²) in [6, 6.07) is 24.4. The summed E-state index contributed by atoms with van der Waals surface area (Å²) in [5.41, 5.74) is 4.07. The van der Waals surface area contributed by atoms with Gasteiger partial charge in [0.15, 0.2) is 0 Å². The molecule has 1 saturated heterocycles. The lowest BCUT2D eigenvalue weighted by atomic mass is 9.82.